The molecular formula is C8H6O8S3. The second kappa shape index (κ2) is 6.14. The maximum absolute atomic E-state index is 11.3. The Morgan fingerprint density at radius 1 is 1.00 bits per heavy atom. The standard InChI is InChI=1S/C8H6O8S3/c9-7(14-17)4-1-5(8(10)15-18)3-6(2-4)16-19(11,12)13/h1-3,17-18H,(H,11,12,13). The number of benzene rings is 1. The van der Waals surface area contributed by atoms with Gasteiger partial charge in [0.05, 0.1) is 11.1 Å². The summed E-state index contributed by atoms with van der Waals surface area (Å²) in [6.07, 6.45) is 0. The first-order chi connectivity index (χ1) is 8.76. The van der Waals surface area contributed by atoms with Gasteiger partial charge >= 0.3 is 22.3 Å². The lowest BCUT2D eigenvalue weighted by Crippen LogP contribution is -2.10. The highest BCUT2D eigenvalue weighted by Gasteiger charge is 2.17. The van der Waals surface area contributed by atoms with Crippen LogP contribution in [0.4, 0.5) is 0 Å². The predicted molar refractivity (Wildman–Crippen MR) is 67.4 cm³/mol. The van der Waals surface area contributed by atoms with Crippen LogP contribution in [0.1, 0.15) is 20.7 Å². The van der Waals surface area contributed by atoms with Crippen LogP contribution in [0.15, 0.2) is 18.2 Å². The molecule has 0 atom stereocenters. The van der Waals surface area contributed by atoms with Gasteiger partial charge in [0.25, 0.3) is 0 Å². The van der Waals surface area contributed by atoms with Gasteiger partial charge in [0.1, 0.15) is 5.75 Å². The Morgan fingerprint density at radius 2 is 1.42 bits per heavy atom. The third-order valence-corrected chi connectivity index (χ3v) is 2.48. The van der Waals surface area contributed by atoms with E-state index in [0.29, 0.717) is 0 Å². The van der Waals surface area contributed by atoms with E-state index in [1.54, 1.807) is 0 Å². The molecule has 0 saturated carbocycles. The number of hydrogen-bond acceptors (Lipinski definition) is 9. The zero-order valence-electron chi connectivity index (χ0n) is 8.84. The summed E-state index contributed by atoms with van der Waals surface area (Å²) in [5.41, 5.74) is -0.491. The molecule has 0 heterocycles. The summed E-state index contributed by atoms with van der Waals surface area (Å²) in [7, 11) is -4.82. The minimum absolute atomic E-state index is 0.245. The first-order valence-corrected chi connectivity index (χ1v) is 6.40. The van der Waals surface area contributed by atoms with E-state index in [-0.39, 0.29) is 11.1 Å². The lowest BCUT2D eigenvalue weighted by molar-refractivity contribution is 0.0771. The SMILES string of the molecule is O=C(OS)c1cc(OS(=O)(=O)O)cc(C(=O)OS)c1. The van der Waals surface area contributed by atoms with Crippen molar-refractivity contribution >= 4 is 48.2 Å². The van der Waals surface area contributed by atoms with E-state index in [1.807, 2.05) is 0 Å². The summed E-state index contributed by atoms with van der Waals surface area (Å²) in [6, 6.07) is 2.87. The summed E-state index contributed by atoms with van der Waals surface area (Å²) in [5.74, 6) is -2.44. The van der Waals surface area contributed by atoms with Gasteiger partial charge in [-0.2, -0.15) is 8.42 Å². The Bertz CT molecular complexity index is 574. The largest absolute Gasteiger partial charge is 0.446 e. The smallest absolute Gasteiger partial charge is 0.391 e. The van der Waals surface area contributed by atoms with Crippen molar-refractivity contribution in [1.29, 1.82) is 0 Å². The Balaban J connectivity index is 3.31. The first kappa shape index (κ1) is 15.6. The van der Waals surface area contributed by atoms with E-state index >= 15 is 0 Å². The van der Waals surface area contributed by atoms with E-state index in [1.165, 1.54) is 0 Å². The van der Waals surface area contributed by atoms with E-state index in [2.05, 4.69) is 38.4 Å². The molecule has 0 unspecified atom stereocenters. The third-order valence-electron chi connectivity index (χ3n) is 1.75. The van der Waals surface area contributed by atoms with E-state index in [9.17, 15) is 18.0 Å². The van der Waals surface area contributed by atoms with Gasteiger partial charge in [-0.25, -0.2) is 9.59 Å². The lowest BCUT2D eigenvalue weighted by Gasteiger charge is -2.06. The zero-order chi connectivity index (χ0) is 14.6. The molecule has 8 nitrogen and oxygen atoms in total. The number of rotatable bonds is 4. The molecule has 1 aromatic rings. The van der Waals surface area contributed by atoms with Crippen molar-refractivity contribution < 1.29 is 35.1 Å². The van der Waals surface area contributed by atoms with Gasteiger partial charge in [-0.3, -0.25) is 4.55 Å². The minimum atomic E-state index is -4.82. The fraction of sp³-hybridized carbons (Fsp3) is 0. The normalized spacial score (nSPS) is 10.7. The molecule has 0 aliphatic carbocycles. The molecule has 0 radical (unpaired) electrons. The van der Waals surface area contributed by atoms with Gasteiger partial charge in [-0.1, -0.05) is 0 Å². The molecular weight excluding hydrogens is 320 g/mol. The van der Waals surface area contributed by atoms with Crippen LogP contribution in [0, 0.1) is 0 Å². The molecule has 1 rings (SSSR count). The van der Waals surface area contributed by atoms with Gasteiger partial charge in [0, 0.05) is 25.8 Å². The topological polar surface area (TPSA) is 116 Å². The minimum Gasteiger partial charge on any atom is -0.391 e. The Labute approximate surface area is 118 Å². The second-order valence-corrected chi connectivity index (χ2v) is 4.40. The highest BCUT2D eigenvalue weighted by atomic mass is 32.3. The lowest BCUT2D eigenvalue weighted by atomic mass is 10.1. The number of carbonyl (C=O) groups is 2. The van der Waals surface area contributed by atoms with Gasteiger partial charge in [-0.05, 0) is 18.2 Å². The van der Waals surface area contributed by atoms with Crippen molar-refractivity contribution in [2.24, 2.45) is 0 Å². The summed E-state index contributed by atoms with van der Waals surface area (Å²) < 4.78 is 42.0. The van der Waals surface area contributed by atoms with Crippen molar-refractivity contribution in [2.45, 2.75) is 0 Å². The predicted octanol–water partition coefficient (Wildman–Crippen LogP) is 0.871. The van der Waals surface area contributed by atoms with Gasteiger partial charge in [0.2, 0.25) is 0 Å². The summed E-state index contributed by atoms with van der Waals surface area (Å²) in [4.78, 5) is 22.5. The molecule has 0 spiro atoms. The van der Waals surface area contributed by atoms with Crippen LogP contribution in [0.3, 0.4) is 0 Å². The van der Waals surface area contributed by atoms with Crippen molar-refractivity contribution in [3.8, 4) is 5.75 Å². The highest BCUT2D eigenvalue weighted by molar-refractivity contribution is 7.81. The average molecular weight is 326 g/mol. The maximum atomic E-state index is 11.3. The maximum Gasteiger partial charge on any atom is 0.446 e. The molecule has 104 valence electrons. The quantitative estimate of drug-likeness (QED) is 0.424. The fourth-order valence-corrected chi connectivity index (χ4v) is 1.66. The molecule has 1 aromatic carbocycles. The fourth-order valence-electron chi connectivity index (χ4n) is 1.11. The molecule has 19 heavy (non-hydrogen) atoms. The number of hydrogen-bond donors (Lipinski definition) is 3. The number of carbonyl (C=O) groups excluding carboxylic acids is 2. The van der Waals surface area contributed by atoms with Crippen molar-refractivity contribution in [1.82, 2.24) is 0 Å². The average Bonchev–Trinajstić information content (AvgIpc) is 2.34. The molecule has 11 heteroatoms. The number of thiol groups is 2. The molecule has 0 aliphatic heterocycles. The Morgan fingerprint density at radius 3 is 1.74 bits per heavy atom. The molecule has 0 saturated heterocycles. The first-order valence-electron chi connectivity index (χ1n) is 4.30. The third kappa shape index (κ3) is 4.63. The van der Waals surface area contributed by atoms with E-state index in [0.717, 1.165) is 18.2 Å². The van der Waals surface area contributed by atoms with Crippen molar-refractivity contribution in [2.75, 3.05) is 0 Å². The van der Waals surface area contributed by atoms with Gasteiger partial charge in [0.15, 0.2) is 0 Å². The molecule has 0 bridgehead atoms. The van der Waals surface area contributed by atoms with E-state index in [4.69, 9.17) is 4.55 Å². The summed E-state index contributed by atoms with van der Waals surface area (Å²) in [5, 5.41) is 0. The van der Waals surface area contributed by atoms with Gasteiger partial charge < -0.3 is 12.5 Å². The van der Waals surface area contributed by atoms with E-state index < -0.39 is 28.1 Å². The summed E-state index contributed by atoms with van der Waals surface area (Å²) in [6.45, 7) is 0. The van der Waals surface area contributed by atoms with Crippen molar-refractivity contribution in [3.05, 3.63) is 29.3 Å². The van der Waals surface area contributed by atoms with Crippen LogP contribution in [0.25, 0.3) is 0 Å². The highest BCUT2D eigenvalue weighted by Crippen LogP contribution is 2.20. The Kier molecular flexibility index (Phi) is 5.05. The van der Waals surface area contributed by atoms with Crippen LogP contribution in [-0.4, -0.2) is 24.9 Å². The van der Waals surface area contributed by atoms with Crippen LogP contribution in [-0.2, 0) is 18.8 Å². The second-order valence-electron chi connectivity index (χ2n) is 3.01. The van der Waals surface area contributed by atoms with Crippen LogP contribution >= 0.6 is 25.8 Å². The monoisotopic (exact) mass is 326 g/mol. The molecule has 0 fully saturated rings. The van der Waals surface area contributed by atoms with Crippen molar-refractivity contribution in [3.63, 3.8) is 0 Å². The summed E-state index contributed by atoms with van der Waals surface area (Å²) >= 11 is 6.53. The zero-order valence-corrected chi connectivity index (χ0v) is 11.4. The Hall–Kier alpha value is -1.43. The molecule has 0 aliphatic rings. The molecule has 0 aromatic heterocycles. The van der Waals surface area contributed by atoms with Crippen LogP contribution in [0.2, 0.25) is 0 Å². The van der Waals surface area contributed by atoms with Crippen LogP contribution in [0.5, 0.6) is 5.75 Å². The molecule has 0 amide bonds. The molecule has 1 N–H and O–H groups in total. The van der Waals surface area contributed by atoms with Gasteiger partial charge in [-0.15, -0.1) is 0 Å². The van der Waals surface area contributed by atoms with Crippen LogP contribution < -0.4 is 4.18 Å².